The highest BCUT2D eigenvalue weighted by molar-refractivity contribution is 7.88. The molecule has 196 valence electrons. The van der Waals surface area contributed by atoms with Gasteiger partial charge < -0.3 is 9.80 Å². The Morgan fingerprint density at radius 2 is 1.50 bits per heavy atom. The number of hydrogen-bond donors (Lipinski definition) is 0. The van der Waals surface area contributed by atoms with Crippen LogP contribution >= 0.6 is 46.4 Å². The number of sulfonamides is 1. The number of halogens is 4. The Kier molecular flexibility index (Phi) is 8.66. The maximum Gasteiger partial charge on any atom is 0.320 e. The number of rotatable bonds is 5. The van der Waals surface area contributed by atoms with Crippen LogP contribution in [0.5, 0.6) is 0 Å². The van der Waals surface area contributed by atoms with Gasteiger partial charge in [-0.15, -0.1) is 0 Å². The Labute approximate surface area is 232 Å². The zero-order valence-corrected chi connectivity index (χ0v) is 23.8. The summed E-state index contributed by atoms with van der Waals surface area (Å²) in [7, 11) is -1.24. The summed E-state index contributed by atoms with van der Waals surface area (Å²) >= 11 is 24.8. The van der Waals surface area contributed by atoms with Crippen molar-refractivity contribution in [1.82, 2.24) is 19.0 Å². The Morgan fingerprint density at radius 1 is 0.889 bits per heavy atom. The zero-order valence-electron chi connectivity index (χ0n) is 20.0. The van der Waals surface area contributed by atoms with Crippen molar-refractivity contribution in [3.05, 3.63) is 67.6 Å². The van der Waals surface area contributed by atoms with Crippen molar-refractivity contribution in [1.29, 1.82) is 0 Å². The van der Waals surface area contributed by atoms with Crippen molar-refractivity contribution in [2.75, 3.05) is 52.6 Å². The second-order valence-electron chi connectivity index (χ2n) is 9.35. The number of amides is 2. The molecule has 2 heterocycles. The monoisotopic (exact) mass is 592 g/mol. The number of likely N-dealkylation sites (N-methyl/N-ethyl adjacent to an activating group) is 1. The molecule has 2 aromatic carbocycles. The van der Waals surface area contributed by atoms with Gasteiger partial charge in [0.25, 0.3) is 0 Å². The van der Waals surface area contributed by atoms with Crippen LogP contribution in [0.25, 0.3) is 0 Å². The predicted octanol–water partition coefficient (Wildman–Crippen LogP) is 4.90. The lowest BCUT2D eigenvalue weighted by molar-refractivity contribution is 0.138. The number of urea groups is 1. The van der Waals surface area contributed by atoms with Crippen LogP contribution in [0, 0.1) is 0 Å². The van der Waals surface area contributed by atoms with Gasteiger partial charge in [0.05, 0.1) is 26.3 Å². The minimum atomic E-state index is -3.27. The van der Waals surface area contributed by atoms with Gasteiger partial charge >= 0.3 is 6.03 Å². The highest BCUT2D eigenvalue weighted by Gasteiger charge is 2.40. The molecule has 2 aliphatic heterocycles. The van der Waals surface area contributed by atoms with Crippen LogP contribution in [0.4, 0.5) is 4.79 Å². The summed E-state index contributed by atoms with van der Waals surface area (Å²) in [6, 6.07) is 11.1. The number of benzene rings is 2. The largest absolute Gasteiger partial charge is 0.322 e. The average Bonchev–Trinajstić information content (AvgIpc) is 3.28. The summed E-state index contributed by atoms with van der Waals surface area (Å²) in [6.45, 7) is 2.99. The van der Waals surface area contributed by atoms with E-state index in [0.29, 0.717) is 65.9 Å². The van der Waals surface area contributed by atoms with E-state index in [9.17, 15) is 13.2 Å². The molecule has 36 heavy (non-hydrogen) atoms. The SMILES string of the molecule is CN(Cc1ccc(Cl)c(Cl)c1)C1CN(C(=O)N2CCN(S(C)(=O)=O)CC2)C[C@@H]1c1ccc(Cl)c(Cl)c1. The summed E-state index contributed by atoms with van der Waals surface area (Å²) in [5.74, 6) is 0.00815. The van der Waals surface area contributed by atoms with Gasteiger partial charge in [-0.1, -0.05) is 58.5 Å². The van der Waals surface area contributed by atoms with Crippen LogP contribution < -0.4 is 0 Å². The first kappa shape index (κ1) is 27.8. The highest BCUT2D eigenvalue weighted by atomic mass is 35.5. The molecular weight excluding hydrogens is 566 g/mol. The molecule has 2 aromatic rings. The van der Waals surface area contributed by atoms with Crippen LogP contribution in [0.3, 0.4) is 0 Å². The second kappa shape index (κ2) is 11.2. The van der Waals surface area contributed by atoms with Gasteiger partial charge in [0, 0.05) is 57.8 Å². The number of carbonyl (C=O) groups is 1. The number of nitrogens with zero attached hydrogens (tertiary/aromatic N) is 4. The molecular formula is C24H28Cl4N4O3S. The van der Waals surface area contributed by atoms with Gasteiger partial charge in [-0.05, 0) is 42.4 Å². The number of likely N-dealkylation sites (tertiary alicyclic amines) is 1. The van der Waals surface area contributed by atoms with E-state index in [4.69, 9.17) is 46.4 Å². The third-order valence-electron chi connectivity index (χ3n) is 6.89. The topological polar surface area (TPSA) is 64.2 Å². The summed E-state index contributed by atoms with van der Waals surface area (Å²) in [5, 5.41) is 1.96. The van der Waals surface area contributed by atoms with E-state index in [1.54, 1.807) is 17.0 Å². The predicted molar refractivity (Wildman–Crippen MR) is 146 cm³/mol. The lowest BCUT2D eigenvalue weighted by atomic mass is 9.93. The maximum atomic E-state index is 13.4. The lowest BCUT2D eigenvalue weighted by Crippen LogP contribution is -2.53. The fourth-order valence-electron chi connectivity index (χ4n) is 4.91. The quantitative estimate of drug-likeness (QED) is 0.495. The summed E-state index contributed by atoms with van der Waals surface area (Å²) < 4.78 is 25.1. The zero-order chi connectivity index (χ0) is 26.2. The molecule has 0 saturated carbocycles. The molecule has 0 radical (unpaired) electrons. The van der Waals surface area contributed by atoms with Crippen molar-refractivity contribution in [3.8, 4) is 0 Å². The molecule has 1 unspecified atom stereocenters. The molecule has 2 aliphatic rings. The second-order valence-corrected chi connectivity index (χ2v) is 13.0. The molecule has 12 heteroatoms. The normalized spacial score (nSPS) is 21.4. The van der Waals surface area contributed by atoms with E-state index in [-0.39, 0.29) is 18.0 Å². The van der Waals surface area contributed by atoms with Gasteiger partial charge in [-0.3, -0.25) is 4.90 Å². The Morgan fingerprint density at radius 3 is 2.08 bits per heavy atom. The van der Waals surface area contributed by atoms with Gasteiger partial charge in [-0.25, -0.2) is 13.2 Å². The summed E-state index contributed by atoms with van der Waals surface area (Å²) in [4.78, 5) is 19.2. The van der Waals surface area contributed by atoms with E-state index in [1.807, 2.05) is 36.2 Å². The molecule has 0 spiro atoms. The molecule has 0 N–H and O–H groups in total. The lowest BCUT2D eigenvalue weighted by Gasteiger charge is -2.35. The number of piperazine rings is 1. The van der Waals surface area contributed by atoms with Crippen LogP contribution in [-0.2, 0) is 16.6 Å². The minimum Gasteiger partial charge on any atom is -0.322 e. The van der Waals surface area contributed by atoms with E-state index in [1.165, 1.54) is 10.6 Å². The summed E-state index contributed by atoms with van der Waals surface area (Å²) in [5.41, 5.74) is 2.02. The van der Waals surface area contributed by atoms with E-state index in [2.05, 4.69) is 4.90 Å². The molecule has 0 aromatic heterocycles. The Bertz CT molecular complexity index is 1240. The van der Waals surface area contributed by atoms with Crippen molar-refractivity contribution >= 4 is 62.5 Å². The number of hydrogen-bond acceptors (Lipinski definition) is 4. The van der Waals surface area contributed by atoms with Crippen LogP contribution in [-0.4, -0.2) is 92.1 Å². The standard InChI is InChI=1S/C24H28Cl4N4O3S/c1-29(13-16-3-5-19(25)21(27)11-16)23-15-31(14-18(23)17-4-6-20(26)22(28)12-17)24(33)30-7-9-32(10-8-30)36(2,34)35/h3-6,11-12,18,23H,7-10,13-15H2,1-2H3/t18-,23?/m1/s1. The van der Waals surface area contributed by atoms with Crippen LogP contribution in [0.1, 0.15) is 17.0 Å². The van der Waals surface area contributed by atoms with Gasteiger partial charge in [0.15, 0.2) is 0 Å². The van der Waals surface area contributed by atoms with Gasteiger partial charge in [-0.2, -0.15) is 4.31 Å². The molecule has 2 atom stereocenters. The first-order chi connectivity index (χ1) is 16.9. The van der Waals surface area contributed by atoms with Crippen molar-refractivity contribution in [2.45, 2.75) is 18.5 Å². The van der Waals surface area contributed by atoms with Crippen molar-refractivity contribution in [2.24, 2.45) is 0 Å². The fraction of sp³-hybridized carbons (Fsp3) is 0.458. The first-order valence-corrected chi connectivity index (χ1v) is 14.9. The van der Waals surface area contributed by atoms with E-state index >= 15 is 0 Å². The molecule has 0 bridgehead atoms. The average molecular weight is 594 g/mol. The van der Waals surface area contributed by atoms with E-state index in [0.717, 1.165) is 11.1 Å². The van der Waals surface area contributed by atoms with Crippen LogP contribution in [0.15, 0.2) is 36.4 Å². The maximum absolute atomic E-state index is 13.4. The fourth-order valence-corrected chi connectivity index (χ4v) is 6.37. The molecule has 0 aliphatic carbocycles. The molecule has 7 nitrogen and oxygen atoms in total. The smallest absolute Gasteiger partial charge is 0.320 e. The molecule has 2 fully saturated rings. The molecule has 2 amide bonds. The van der Waals surface area contributed by atoms with E-state index < -0.39 is 10.0 Å². The molecule has 2 saturated heterocycles. The molecule has 4 rings (SSSR count). The minimum absolute atomic E-state index is 0.00815. The highest BCUT2D eigenvalue weighted by Crippen LogP contribution is 2.35. The van der Waals surface area contributed by atoms with Crippen molar-refractivity contribution < 1.29 is 13.2 Å². The Hall–Kier alpha value is -1.26. The Balaban J connectivity index is 1.53. The summed E-state index contributed by atoms with van der Waals surface area (Å²) in [6.07, 6.45) is 1.20. The van der Waals surface area contributed by atoms with Crippen LogP contribution in [0.2, 0.25) is 20.1 Å². The van der Waals surface area contributed by atoms with Gasteiger partial charge in [0.2, 0.25) is 10.0 Å². The first-order valence-electron chi connectivity index (χ1n) is 11.5. The third kappa shape index (κ3) is 6.23. The van der Waals surface area contributed by atoms with Crippen molar-refractivity contribution in [3.63, 3.8) is 0 Å². The van der Waals surface area contributed by atoms with Gasteiger partial charge in [0.1, 0.15) is 0 Å². The number of carbonyl (C=O) groups excluding carboxylic acids is 1. The third-order valence-corrected chi connectivity index (χ3v) is 9.67.